The molecule has 0 aromatic carbocycles. The van der Waals surface area contributed by atoms with Crippen molar-refractivity contribution in [1.29, 1.82) is 0 Å². The van der Waals surface area contributed by atoms with E-state index in [0.717, 1.165) is 6.54 Å². The molecular weight excluding hydrogens is 158 g/mol. The normalized spacial score (nSPS) is 13.2. The van der Waals surface area contributed by atoms with E-state index in [1.165, 1.54) is 18.5 Å². The molecule has 0 aliphatic carbocycles. The fourth-order valence-electron chi connectivity index (χ4n) is 1.48. The highest BCUT2D eigenvalue weighted by Crippen LogP contribution is 2.25. The van der Waals surface area contributed by atoms with Crippen LogP contribution in [0.25, 0.3) is 0 Å². The lowest BCUT2D eigenvalue weighted by atomic mass is 9.90. The molecule has 0 amide bonds. The first-order valence-corrected chi connectivity index (χ1v) is 5.27. The van der Waals surface area contributed by atoms with Gasteiger partial charge < -0.3 is 4.90 Å². The molecule has 1 heteroatoms. The predicted molar refractivity (Wildman–Crippen MR) is 60.8 cm³/mol. The number of hydrogen-bond acceptors (Lipinski definition) is 1. The van der Waals surface area contributed by atoms with E-state index in [0.29, 0.717) is 5.41 Å². The molecule has 0 aliphatic rings. The van der Waals surface area contributed by atoms with Gasteiger partial charge in [-0.25, -0.2) is 0 Å². The van der Waals surface area contributed by atoms with Crippen LogP contribution in [0.3, 0.4) is 0 Å². The third-order valence-corrected chi connectivity index (χ3v) is 2.09. The fraction of sp³-hybridized carbons (Fsp3) is 0.833. The van der Waals surface area contributed by atoms with E-state index in [2.05, 4.69) is 52.6 Å². The van der Waals surface area contributed by atoms with Crippen LogP contribution in [0, 0.1) is 5.41 Å². The lowest BCUT2D eigenvalue weighted by Crippen LogP contribution is -2.22. The van der Waals surface area contributed by atoms with Crippen LogP contribution in [-0.2, 0) is 0 Å². The van der Waals surface area contributed by atoms with Crippen molar-refractivity contribution >= 4 is 0 Å². The van der Waals surface area contributed by atoms with Gasteiger partial charge in [-0.15, -0.1) is 0 Å². The van der Waals surface area contributed by atoms with Gasteiger partial charge in [0.15, 0.2) is 0 Å². The minimum atomic E-state index is 0.393. The Kier molecular flexibility index (Phi) is 5.12. The lowest BCUT2D eigenvalue weighted by molar-refractivity contribution is 0.325. The second kappa shape index (κ2) is 5.31. The summed E-state index contributed by atoms with van der Waals surface area (Å²) < 4.78 is 0. The van der Waals surface area contributed by atoms with Crippen molar-refractivity contribution in [2.75, 3.05) is 13.6 Å². The van der Waals surface area contributed by atoms with E-state index in [9.17, 15) is 0 Å². The van der Waals surface area contributed by atoms with Crippen molar-refractivity contribution in [3.63, 3.8) is 0 Å². The fourth-order valence-corrected chi connectivity index (χ4v) is 1.48. The zero-order valence-electron chi connectivity index (χ0n) is 10.1. The van der Waals surface area contributed by atoms with Crippen molar-refractivity contribution in [3.05, 3.63) is 11.8 Å². The summed E-state index contributed by atoms with van der Waals surface area (Å²) in [7, 11) is 2.19. The van der Waals surface area contributed by atoms with Gasteiger partial charge in [-0.1, -0.05) is 33.8 Å². The van der Waals surface area contributed by atoms with Crippen LogP contribution < -0.4 is 0 Å². The summed E-state index contributed by atoms with van der Waals surface area (Å²) in [5.74, 6) is 0. The topological polar surface area (TPSA) is 3.24 Å². The molecule has 78 valence electrons. The van der Waals surface area contributed by atoms with Crippen molar-refractivity contribution in [2.45, 2.75) is 47.5 Å². The van der Waals surface area contributed by atoms with Gasteiger partial charge in [0.1, 0.15) is 0 Å². The standard InChI is InChI=1S/C12H25N/c1-7-9-13(6)11(8-2)10-12(3,4)5/h8H,7,9-10H2,1-6H3/b11-8-. The second-order valence-corrected chi connectivity index (χ2v) is 4.94. The summed E-state index contributed by atoms with van der Waals surface area (Å²) >= 11 is 0. The number of nitrogens with zero attached hydrogens (tertiary/aromatic N) is 1. The minimum Gasteiger partial charge on any atom is -0.378 e. The molecule has 0 saturated heterocycles. The van der Waals surface area contributed by atoms with E-state index in [1.54, 1.807) is 0 Å². The monoisotopic (exact) mass is 183 g/mol. The third kappa shape index (κ3) is 5.73. The molecule has 0 unspecified atom stereocenters. The summed E-state index contributed by atoms with van der Waals surface area (Å²) in [4.78, 5) is 2.37. The lowest BCUT2D eigenvalue weighted by Gasteiger charge is -2.28. The largest absolute Gasteiger partial charge is 0.378 e. The van der Waals surface area contributed by atoms with Crippen LogP contribution in [0.5, 0.6) is 0 Å². The van der Waals surface area contributed by atoms with Crippen molar-refractivity contribution in [3.8, 4) is 0 Å². The quantitative estimate of drug-likeness (QED) is 0.643. The highest BCUT2D eigenvalue weighted by Gasteiger charge is 2.14. The van der Waals surface area contributed by atoms with Crippen LogP contribution in [0.2, 0.25) is 0 Å². The van der Waals surface area contributed by atoms with Gasteiger partial charge in [0.2, 0.25) is 0 Å². The SMILES string of the molecule is C/C=C(/CC(C)(C)C)N(C)CCC. The molecule has 0 atom stereocenters. The van der Waals surface area contributed by atoms with E-state index in [1.807, 2.05) is 0 Å². The second-order valence-electron chi connectivity index (χ2n) is 4.94. The summed E-state index contributed by atoms with van der Waals surface area (Å²) in [6.07, 6.45) is 4.62. The maximum absolute atomic E-state index is 2.37. The van der Waals surface area contributed by atoms with E-state index in [-0.39, 0.29) is 0 Å². The Hall–Kier alpha value is -0.460. The Morgan fingerprint density at radius 3 is 2.15 bits per heavy atom. The molecule has 0 fully saturated rings. The van der Waals surface area contributed by atoms with Gasteiger partial charge in [-0.3, -0.25) is 0 Å². The predicted octanol–water partition coefficient (Wildman–Crippen LogP) is 3.67. The van der Waals surface area contributed by atoms with Gasteiger partial charge in [0.25, 0.3) is 0 Å². The molecular formula is C12H25N. The van der Waals surface area contributed by atoms with Crippen molar-refractivity contribution in [1.82, 2.24) is 4.90 Å². The van der Waals surface area contributed by atoms with Crippen LogP contribution in [0.15, 0.2) is 11.8 Å². The van der Waals surface area contributed by atoms with Crippen molar-refractivity contribution < 1.29 is 0 Å². The van der Waals surface area contributed by atoms with Gasteiger partial charge in [-0.2, -0.15) is 0 Å². The number of allylic oxidation sites excluding steroid dienone is 2. The highest BCUT2D eigenvalue weighted by atomic mass is 15.1. The zero-order valence-corrected chi connectivity index (χ0v) is 10.1. The Morgan fingerprint density at radius 1 is 1.31 bits per heavy atom. The third-order valence-electron chi connectivity index (χ3n) is 2.09. The summed E-state index contributed by atoms with van der Waals surface area (Å²) in [6, 6.07) is 0. The van der Waals surface area contributed by atoms with Crippen LogP contribution >= 0.6 is 0 Å². The molecule has 0 aromatic rings. The van der Waals surface area contributed by atoms with Crippen LogP contribution in [-0.4, -0.2) is 18.5 Å². The number of hydrogen-bond donors (Lipinski definition) is 0. The van der Waals surface area contributed by atoms with Gasteiger partial charge in [-0.05, 0) is 25.2 Å². The first-order chi connectivity index (χ1) is 5.90. The van der Waals surface area contributed by atoms with E-state index < -0.39 is 0 Å². The van der Waals surface area contributed by atoms with E-state index >= 15 is 0 Å². The Balaban J connectivity index is 4.20. The molecule has 0 spiro atoms. The molecule has 13 heavy (non-hydrogen) atoms. The van der Waals surface area contributed by atoms with Gasteiger partial charge >= 0.3 is 0 Å². The summed E-state index contributed by atoms with van der Waals surface area (Å²) in [5.41, 5.74) is 1.86. The molecule has 0 radical (unpaired) electrons. The molecule has 0 aromatic heterocycles. The minimum absolute atomic E-state index is 0.393. The maximum atomic E-state index is 2.37. The molecule has 0 N–H and O–H groups in total. The first kappa shape index (κ1) is 12.5. The van der Waals surface area contributed by atoms with Gasteiger partial charge in [0.05, 0.1) is 0 Å². The van der Waals surface area contributed by atoms with Crippen LogP contribution in [0.4, 0.5) is 0 Å². The summed E-state index contributed by atoms with van der Waals surface area (Å²) in [5, 5.41) is 0. The Morgan fingerprint density at radius 2 is 1.85 bits per heavy atom. The first-order valence-electron chi connectivity index (χ1n) is 5.27. The molecule has 0 saturated carbocycles. The number of rotatable bonds is 4. The van der Waals surface area contributed by atoms with Crippen LogP contribution in [0.1, 0.15) is 47.5 Å². The highest BCUT2D eigenvalue weighted by molar-refractivity contribution is 5.01. The molecule has 1 nitrogen and oxygen atoms in total. The average molecular weight is 183 g/mol. The summed E-state index contributed by atoms with van der Waals surface area (Å²) in [6.45, 7) is 12.4. The Labute approximate surface area is 83.8 Å². The average Bonchev–Trinajstić information content (AvgIpc) is 1.99. The van der Waals surface area contributed by atoms with Gasteiger partial charge in [0, 0.05) is 19.3 Å². The molecule has 0 rings (SSSR count). The molecule has 0 bridgehead atoms. The molecule has 0 heterocycles. The maximum Gasteiger partial charge on any atom is 0.0169 e. The van der Waals surface area contributed by atoms with E-state index in [4.69, 9.17) is 0 Å². The molecule has 0 aliphatic heterocycles. The Bertz CT molecular complexity index is 162. The zero-order chi connectivity index (χ0) is 10.5. The smallest absolute Gasteiger partial charge is 0.0169 e. The van der Waals surface area contributed by atoms with Crippen molar-refractivity contribution in [2.24, 2.45) is 5.41 Å².